The average molecular weight is 377 g/mol. The fourth-order valence-electron chi connectivity index (χ4n) is 1.87. The first-order valence-corrected chi connectivity index (χ1v) is 10.4. The molecule has 2 aromatic heterocycles. The number of hydrogen-bond donors (Lipinski definition) is 0. The van der Waals surface area contributed by atoms with Gasteiger partial charge in [-0.1, -0.05) is 36.1 Å². The molecular weight excluding hydrogens is 360 g/mol. The van der Waals surface area contributed by atoms with Crippen LogP contribution in [0.5, 0.6) is 0 Å². The molecule has 0 N–H and O–H groups in total. The Morgan fingerprint density at radius 1 is 1.50 bits per heavy atom. The summed E-state index contributed by atoms with van der Waals surface area (Å²) in [5, 5.41) is 13.8. The second-order valence-electron chi connectivity index (χ2n) is 4.59. The summed E-state index contributed by atoms with van der Waals surface area (Å²) in [6, 6.07) is 8.37. The van der Waals surface area contributed by atoms with Gasteiger partial charge < -0.3 is 4.74 Å². The zero-order valence-corrected chi connectivity index (χ0v) is 15.9. The minimum absolute atomic E-state index is 0.261. The first-order valence-electron chi connectivity index (χ1n) is 7.42. The molecule has 4 nitrogen and oxygen atoms in total. The van der Waals surface area contributed by atoms with Gasteiger partial charge in [-0.2, -0.15) is 17.0 Å². The van der Waals surface area contributed by atoms with Crippen molar-refractivity contribution in [2.45, 2.75) is 25.3 Å². The Labute approximate surface area is 154 Å². The molecule has 0 aromatic carbocycles. The highest BCUT2D eigenvalue weighted by molar-refractivity contribution is 8.15. The third kappa shape index (κ3) is 4.67. The van der Waals surface area contributed by atoms with E-state index >= 15 is 0 Å². The van der Waals surface area contributed by atoms with Gasteiger partial charge in [0.1, 0.15) is 11.1 Å². The number of rotatable bonds is 8. The predicted molar refractivity (Wildman–Crippen MR) is 99.4 cm³/mol. The van der Waals surface area contributed by atoms with E-state index in [1.165, 1.54) is 23.1 Å². The van der Waals surface area contributed by atoms with Crippen molar-refractivity contribution < 1.29 is 9.53 Å². The summed E-state index contributed by atoms with van der Waals surface area (Å²) >= 11 is 4.63. The lowest BCUT2D eigenvalue weighted by Gasteiger charge is -2.10. The predicted octanol–water partition coefficient (Wildman–Crippen LogP) is 4.65. The van der Waals surface area contributed by atoms with Crippen LogP contribution < -0.4 is 0 Å². The van der Waals surface area contributed by atoms with Crippen molar-refractivity contribution in [2.75, 3.05) is 17.4 Å². The number of nitrogens with zero attached hydrogens (tertiary/aromatic N) is 2. The van der Waals surface area contributed by atoms with Crippen LogP contribution in [0.15, 0.2) is 17.2 Å². The normalized spacial score (nSPS) is 10.0. The quantitative estimate of drug-likeness (QED) is 0.289. The van der Waals surface area contributed by atoms with Crippen LogP contribution in [0.1, 0.15) is 36.2 Å². The summed E-state index contributed by atoms with van der Waals surface area (Å²) in [4.78, 5) is 17.7. The molecule has 0 unspecified atom stereocenters. The SMILES string of the molecule is CCCSCSc1nc(-c2cc#cs2)cc(C(=O)OCC)c1C#N. The van der Waals surface area contributed by atoms with Crippen LogP contribution in [0.3, 0.4) is 0 Å². The van der Waals surface area contributed by atoms with Gasteiger partial charge in [0.2, 0.25) is 0 Å². The van der Waals surface area contributed by atoms with E-state index in [0.717, 1.165) is 22.1 Å². The van der Waals surface area contributed by atoms with E-state index in [1.807, 2.05) is 0 Å². The van der Waals surface area contributed by atoms with Crippen LogP contribution in [0.25, 0.3) is 10.6 Å². The Kier molecular flexibility index (Phi) is 7.45. The van der Waals surface area contributed by atoms with Gasteiger partial charge in [-0.05, 0) is 30.5 Å². The van der Waals surface area contributed by atoms with Crippen LogP contribution in [-0.4, -0.2) is 28.4 Å². The van der Waals surface area contributed by atoms with Crippen molar-refractivity contribution in [1.82, 2.24) is 4.98 Å². The molecular formula is C17H16N2O2S3. The second kappa shape index (κ2) is 9.58. The Balaban J connectivity index is 2.42. The van der Waals surface area contributed by atoms with Gasteiger partial charge in [-0.3, -0.25) is 0 Å². The maximum atomic E-state index is 12.2. The Bertz CT molecular complexity index is 724. The summed E-state index contributed by atoms with van der Waals surface area (Å²) in [6.45, 7) is 4.13. The Hall–Kier alpha value is -1.67. The van der Waals surface area contributed by atoms with Crippen molar-refractivity contribution in [3.05, 3.63) is 34.7 Å². The summed E-state index contributed by atoms with van der Waals surface area (Å²) in [5.41, 5.74) is 1.19. The molecule has 0 bridgehead atoms. The molecule has 0 spiro atoms. The molecule has 124 valence electrons. The van der Waals surface area contributed by atoms with Crippen LogP contribution in [0, 0.1) is 22.8 Å². The zero-order valence-electron chi connectivity index (χ0n) is 13.4. The number of carbonyl (C=O) groups is 1. The molecule has 0 saturated carbocycles. The number of nitriles is 1. The Morgan fingerprint density at radius 2 is 2.33 bits per heavy atom. The minimum Gasteiger partial charge on any atom is -0.462 e. The smallest absolute Gasteiger partial charge is 0.339 e. The summed E-state index contributed by atoms with van der Waals surface area (Å²) < 4.78 is 5.10. The van der Waals surface area contributed by atoms with E-state index in [1.54, 1.807) is 30.8 Å². The van der Waals surface area contributed by atoms with Crippen molar-refractivity contribution in [2.24, 2.45) is 0 Å². The fourth-order valence-corrected chi connectivity index (χ4v) is 4.42. The molecule has 2 heterocycles. The number of aromatic nitrogens is 1. The van der Waals surface area contributed by atoms with E-state index in [9.17, 15) is 10.1 Å². The van der Waals surface area contributed by atoms with Gasteiger partial charge >= 0.3 is 5.97 Å². The third-order valence-electron chi connectivity index (χ3n) is 2.90. The molecule has 0 atom stereocenters. The number of hydrogen-bond acceptors (Lipinski definition) is 7. The summed E-state index contributed by atoms with van der Waals surface area (Å²) in [7, 11) is 0. The van der Waals surface area contributed by atoms with Gasteiger partial charge in [-0.25, -0.2) is 9.78 Å². The molecule has 0 aliphatic heterocycles. The lowest BCUT2D eigenvalue weighted by molar-refractivity contribution is 0.0525. The van der Waals surface area contributed by atoms with Gasteiger partial charge in [0.05, 0.1) is 28.3 Å². The van der Waals surface area contributed by atoms with Crippen molar-refractivity contribution in [3.8, 4) is 16.6 Å². The molecule has 2 aromatic rings. The summed E-state index contributed by atoms with van der Waals surface area (Å²) in [6.07, 6.45) is 1.10. The van der Waals surface area contributed by atoms with Gasteiger partial charge in [-0.15, -0.1) is 0 Å². The van der Waals surface area contributed by atoms with Crippen molar-refractivity contribution in [1.29, 1.82) is 5.26 Å². The van der Waals surface area contributed by atoms with Crippen LogP contribution >= 0.6 is 34.9 Å². The molecule has 0 amide bonds. The highest BCUT2D eigenvalue weighted by atomic mass is 32.2. The lowest BCUT2D eigenvalue weighted by atomic mass is 10.1. The molecule has 0 aliphatic rings. The van der Waals surface area contributed by atoms with Gasteiger partial charge in [0.25, 0.3) is 0 Å². The van der Waals surface area contributed by atoms with Gasteiger partial charge in [0.15, 0.2) is 0 Å². The fraction of sp³-hybridized carbons (Fsp3) is 0.353. The molecule has 0 aliphatic carbocycles. The molecule has 2 rings (SSSR count). The molecule has 24 heavy (non-hydrogen) atoms. The monoisotopic (exact) mass is 376 g/mol. The standard InChI is InChI=1S/C17H16N2O2S3/c1-3-7-22-11-24-16-13(10-18)12(17(20)21-4-2)9-14(19-16)15-6-5-8-23-15/h6,9H,3-4,7,11H2,1-2H3. The number of thioether (sulfide) groups is 2. The highest BCUT2D eigenvalue weighted by Gasteiger charge is 2.20. The number of carbonyl (C=O) groups excluding carboxylic acids is 1. The topological polar surface area (TPSA) is 63.0 Å². The first kappa shape index (κ1) is 18.7. The van der Waals surface area contributed by atoms with E-state index < -0.39 is 5.97 Å². The summed E-state index contributed by atoms with van der Waals surface area (Å²) in [5.74, 6) is 0.555. The maximum absolute atomic E-state index is 12.2. The molecule has 0 fully saturated rings. The average Bonchev–Trinajstić information content (AvgIpc) is 3.12. The van der Waals surface area contributed by atoms with E-state index in [0.29, 0.717) is 10.7 Å². The minimum atomic E-state index is -0.495. The first-order chi connectivity index (χ1) is 11.7. The lowest BCUT2D eigenvalue weighted by Crippen LogP contribution is -2.09. The van der Waals surface area contributed by atoms with Crippen molar-refractivity contribution in [3.63, 3.8) is 0 Å². The largest absolute Gasteiger partial charge is 0.462 e. The van der Waals surface area contributed by atoms with E-state index in [-0.39, 0.29) is 17.7 Å². The molecule has 0 saturated heterocycles. The maximum Gasteiger partial charge on any atom is 0.339 e. The number of esters is 1. The zero-order chi connectivity index (χ0) is 17.4. The van der Waals surface area contributed by atoms with E-state index in [2.05, 4.69) is 29.4 Å². The Morgan fingerprint density at radius 3 is 2.96 bits per heavy atom. The van der Waals surface area contributed by atoms with Crippen LogP contribution in [0.2, 0.25) is 0 Å². The van der Waals surface area contributed by atoms with Crippen LogP contribution in [-0.2, 0) is 4.74 Å². The molecule has 7 heteroatoms. The van der Waals surface area contributed by atoms with E-state index in [4.69, 9.17) is 4.74 Å². The molecule has 0 radical (unpaired) electrons. The highest BCUT2D eigenvalue weighted by Crippen LogP contribution is 2.31. The second-order valence-corrected chi connectivity index (χ2v) is 7.88. The third-order valence-corrected chi connectivity index (χ3v) is 6.07. The number of ether oxygens (including phenoxy) is 1. The number of pyridine rings is 1. The van der Waals surface area contributed by atoms with Gasteiger partial charge in [0, 0.05) is 11.2 Å². The van der Waals surface area contributed by atoms with Crippen LogP contribution in [0.4, 0.5) is 0 Å². The van der Waals surface area contributed by atoms with Crippen molar-refractivity contribution >= 4 is 40.8 Å².